The Kier molecular flexibility index (Phi) is 5.18. The molecule has 0 spiro atoms. The molecule has 27 heavy (non-hydrogen) atoms. The summed E-state index contributed by atoms with van der Waals surface area (Å²) < 4.78 is 1.12. The van der Waals surface area contributed by atoms with Gasteiger partial charge in [-0.3, -0.25) is 4.79 Å². The summed E-state index contributed by atoms with van der Waals surface area (Å²) in [5.74, 6) is -0.151. The normalized spacial score (nSPS) is 15.5. The summed E-state index contributed by atoms with van der Waals surface area (Å²) in [4.78, 5) is 21.4. The lowest BCUT2D eigenvalue weighted by Crippen LogP contribution is -2.44. The first kappa shape index (κ1) is 17.7. The van der Waals surface area contributed by atoms with Crippen molar-refractivity contribution in [3.05, 3.63) is 59.6 Å². The second kappa shape index (κ2) is 7.90. The Hall–Kier alpha value is -2.70. The minimum atomic E-state index is -0.151. The van der Waals surface area contributed by atoms with Gasteiger partial charge >= 0.3 is 0 Å². The molecule has 0 radical (unpaired) electrons. The number of anilines is 2. The monoisotopic (exact) mass is 378 g/mol. The molecule has 1 aliphatic heterocycles. The molecule has 138 valence electrons. The number of carbonyl (C=O) groups is 1. The van der Waals surface area contributed by atoms with E-state index in [0.29, 0.717) is 0 Å². The molecule has 3 aromatic rings. The maximum atomic E-state index is 12.2. The molecular formula is C21H22N4OS. The van der Waals surface area contributed by atoms with E-state index in [9.17, 15) is 4.79 Å². The van der Waals surface area contributed by atoms with Gasteiger partial charge in [0.05, 0.1) is 10.2 Å². The number of amides is 1. The lowest BCUT2D eigenvalue weighted by Gasteiger charge is -2.34. The van der Waals surface area contributed by atoms with Gasteiger partial charge in [0.1, 0.15) is 5.01 Å². The molecule has 6 heteroatoms. The second-order valence-electron chi connectivity index (χ2n) is 6.68. The quantitative estimate of drug-likeness (QED) is 0.704. The third kappa shape index (κ3) is 4.35. The summed E-state index contributed by atoms with van der Waals surface area (Å²) in [5, 5.41) is 3.74. The number of benzene rings is 2. The smallest absolute Gasteiger partial charge is 0.248 e. The number of nitrogens with zero attached hydrogens (tertiary/aromatic N) is 3. The lowest BCUT2D eigenvalue weighted by atomic mass is 10.2. The van der Waals surface area contributed by atoms with Gasteiger partial charge in [-0.1, -0.05) is 12.1 Å². The Bertz CT molecular complexity index is 923. The molecule has 2 heterocycles. The van der Waals surface area contributed by atoms with Crippen molar-refractivity contribution in [3.63, 3.8) is 0 Å². The van der Waals surface area contributed by atoms with Crippen LogP contribution in [0.4, 0.5) is 11.4 Å². The number of likely N-dealkylation sites (N-methyl/N-ethyl adjacent to an activating group) is 1. The van der Waals surface area contributed by atoms with Gasteiger partial charge in [-0.05, 0) is 49.5 Å². The summed E-state index contributed by atoms with van der Waals surface area (Å²) in [6.07, 6.45) is 3.30. The standard InChI is InChI=1S/C21H22N4OS/c1-24-12-14-25(15-13-24)17-8-6-16(7-9-17)22-20(26)10-11-21-23-18-4-2-3-5-19(18)27-21/h2-11H,12-15H2,1H3,(H,22,26)/b11-10+. The van der Waals surface area contributed by atoms with Crippen molar-refractivity contribution >= 4 is 44.9 Å². The SMILES string of the molecule is CN1CCN(c2ccc(NC(=O)/C=C/c3nc4ccccc4s3)cc2)CC1. The summed E-state index contributed by atoms with van der Waals surface area (Å²) >= 11 is 1.58. The van der Waals surface area contributed by atoms with Crippen molar-refractivity contribution in [1.82, 2.24) is 9.88 Å². The van der Waals surface area contributed by atoms with Crippen LogP contribution in [0.5, 0.6) is 0 Å². The number of fused-ring (bicyclic) bond motifs is 1. The molecule has 1 aliphatic rings. The van der Waals surface area contributed by atoms with Crippen LogP contribution in [0.2, 0.25) is 0 Å². The van der Waals surface area contributed by atoms with Gasteiger partial charge in [0.15, 0.2) is 0 Å². The molecular weight excluding hydrogens is 356 g/mol. The van der Waals surface area contributed by atoms with Crippen molar-refractivity contribution in [2.75, 3.05) is 43.4 Å². The van der Waals surface area contributed by atoms with Crippen molar-refractivity contribution in [2.24, 2.45) is 0 Å². The molecule has 0 aliphatic carbocycles. The van der Waals surface area contributed by atoms with E-state index in [1.807, 2.05) is 36.4 Å². The van der Waals surface area contributed by atoms with Crippen molar-refractivity contribution in [1.29, 1.82) is 0 Å². The van der Waals surface area contributed by atoms with Crippen LogP contribution in [-0.2, 0) is 4.79 Å². The lowest BCUT2D eigenvalue weighted by molar-refractivity contribution is -0.111. The van der Waals surface area contributed by atoms with E-state index in [1.165, 1.54) is 11.8 Å². The molecule has 2 aromatic carbocycles. The zero-order valence-electron chi connectivity index (χ0n) is 15.3. The van der Waals surface area contributed by atoms with E-state index in [2.05, 4.69) is 39.3 Å². The number of piperazine rings is 1. The topological polar surface area (TPSA) is 48.5 Å². The van der Waals surface area contributed by atoms with Crippen molar-refractivity contribution in [2.45, 2.75) is 0 Å². The van der Waals surface area contributed by atoms with Gasteiger partial charge in [0.2, 0.25) is 5.91 Å². The number of hydrogen-bond acceptors (Lipinski definition) is 5. The fraction of sp³-hybridized carbons (Fsp3) is 0.238. The summed E-state index contributed by atoms with van der Waals surface area (Å²) in [7, 11) is 2.15. The number of hydrogen-bond donors (Lipinski definition) is 1. The number of thiazole rings is 1. The van der Waals surface area contributed by atoms with Crippen molar-refractivity contribution < 1.29 is 4.79 Å². The second-order valence-corrected chi connectivity index (χ2v) is 7.74. The number of aromatic nitrogens is 1. The largest absolute Gasteiger partial charge is 0.369 e. The number of rotatable bonds is 4. The third-order valence-corrected chi connectivity index (χ3v) is 5.69. The van der Waals surface area contributed by atoms with Crippen LogP contribution in [0, 0.1) is 0 Å². The van der Waals surface area contributed by atoms with Gasteiger partial charge in [0.25, 0.3) is 0 Å². The average Bonchev–Trinajstić information content (AvgIpc) is 3.11. The highest BCUT2D eigenvalue weighted by Crippen LogP contribution is 2.23. The summed E-state index contributed by atoms with van der Waals surface area (Å²) in [5.41, 5.74) is 2.96. The van der Waals surface area contributed by atoms with Gasteiger partial charge in [-0.25, -0.2) is 4.98 Å². The Morgan fingerprint density at radius 3 is 2.56 bits per heavy atom. The van der Waals surface area contributed by atoms with E-state index >= 15 is 0 Å². The Balaban J connectivity index is 1.36. The van der Waals surface area contributed by atoms with E-state index in [-0.39, 0.29) is 5.91 Å². The molecule has 1 fully saturated rings. The molecule has 1 amide bonds. The zero-order valence-corrected chi connectivity index (χ0v) is 16.1. The predicted molar refractivity (Wildman–Crippen MR) is 113 cm³/mol. The molecule has 1 aromatic heterocycles. The fourth-order valence-electron chi connectivity index (χ4n) is 3.11. The molecule has 1 N–H and O–H groups in total. The van der Waals surface area contributed by atoms with Crippen LogP contribution < -0.4 is 10.2 Å². The molecule has 5 nitrogen and oxygen atoms in total. The van der Waals surface area contributed by atoms with Crippen LogP contribution >= 0.6 is 11.3 Å². The first-order chi connectivity index (χ1) is 13.2. The minimum absolute atomic E-state index is 0.151. The first-order valence-electron chi connectivity index (χ1n) is 9.05. The Labute approximate surface area is 162 Å². The molecule has 0 atom stereocenters. The van der Waals surface area contributed by atoms with Crippen LogP contribution in [0.15, 0.2) is 54.6 Å². The number of nitrogens with one attached hydrogen (secondary N) is 1. The molecule has 1 saturated heterocycles. The van der Waals surface area contributed by atoms with Gasteiger partial charge in [-0.15, -0.1) is 11.3 Å². The summed E-state index contributed by atoms with van der Waals surface area (Å²) in [6, 6.07) is 16.0. The highest BCUT2D eigenvalue weighted by Gasteiger charge is 2.14. The molecule has 4 rings (SSSR count). The van der Waals surface area contributed by atoms with Crippen LogP contribution in [0.25, 0.3) is 16.3 Å². The van der Waals surface area contributed by atoms with Crippen LogP contribution in [-0.4, -0.2) is 49.0 Å². The predicted octanol–water partition coefficient (Wildman–Crippen LogP) is 3.70. The van der Waals surface area contributed by atoms with Gasteiger partial charge < -0.3 is 15.1 Å². The van der Waals surface area contributed by atoms with Gasteiger partial charge in [-0.2, -0.15) is 0 Å². The van der Waals surface area contributed by atoms with Crippen molar-refractivity contribution in [3.8, 4) is 0 Å². The molecule has 0 saturated carbocycles. The third-order valence-electron chi connectivity index (χ3n) is 4.69. The minimum Gasteiger partial charge on any atom is -0.369 e. The van der Waals surface area contributed by atoms with E-state index in [1.54, 1.807) is 17.4 Å². The van der Waals surface area contributed by atoms with E-state index in [0.717, 1.165) is 47.1 Å². The number of para-hydroxylation sites is 1. The summed E-state index contributed by atoms with van der Waals surface area (Å²) in [6.45, 7) is 4.23. The highest BCUT2D eigenvalue weighted by atomic mass is 32.1. The molecule has 0 unspecified atom stereocenters. The maximum absolute atomic E-state index is 12.2. The molecule has 0 bridgehead atoms. The maximum Gasteiger partial charge on any atom is 0.248 e. The Morgan fingerprint density at radius 2 is 1.81 bits per heavy atom. The Morgan fingerprint density at radius 1 is 1.07 bits per heavy atom. The van der Waals surface area contributed by atoms with Crippen LogP contribution in [0.1, 0.15) is 5.01 Å². The highest BCUT2D eigenvalue weighted by molar-refractivity contribution is 7.19. The number of carbonyl (C=O) groups excluding carboxylic acids is 1. The van der Waals surface area contributed by atoms with Gasteiger partial charge in [0, 0.05) is 43.6 Å². The van der Waals surface area contributed by atoms with Crippen LogP contribution in [0.3, 0.4) is 0 Å². The fourth-order valence-corrected chi connectivity index (χ4v) is 3.98. The zero-order chi connectivity index (χ0) is 18.6. The van der Waals surface area contributed by atoms with E-state index < -0.39 is 0 Å². The first-order valence-corrected chi connectivity index (χ1v) is 9.87. The average molecular weight is 379 g/mol. The van der Waals surface area contributed by atoms with E-state index in [4.69, 9.17) is 0 Å².